The largest absolute Gasteiger partial charge is 0.345 e. The summed E-state index contributed by atoms with van der Waals surface area (Å²) in [7, 11) is 2.15. The third-order valence-corrected chi connectivity index (χ3v) is 8.44. The van der Waals surface area contributed by atoms with Gasteiger partial charge in [0.25, 0.3) is 0 Å². The van der Waals surface area contributed by atoms with Crippen LogP contribution in [0, 0.1) is 0 Å². The Hall–Kier alpha value is -5.08. The molecule has 1 heterocycles. The molecule has 0 N–H and O–H groups in total. The normalized spacial score (nSPS) is 12.0. The number of aromatic nitrogens is 1. The van der Waals surface area contributed by atoms with E-state index in [1.807, 2.05) is 0 Å². The molecule has 1 aliphatic rings. The van der Waals surface area contributed by atoms with Gasteiger partial charge < -0.3 is 9.47 Å². The number of benzene rings is 6. The fourth-order valence-electron chi connectivity index (χ4n) is 6.39. The second kappa shape index (κ2) is 9.00. The van der Waals surface area contributed by atoms with Gasteiger partial charge in [-0.1, -0.05) is 91.0 Å². The van der Waals surface area contributed by atoms with E-state index < -0.39 is 0 Å². The van der Waals surface area contributed by atoms with Gasteiger partial charge in [-0.2, -0.15) is 0 Å². The molecule has 2 nitrogen and oxygen atoms in total. The molecule has 6 aromatic carbocycles. The monoisotopic (exact) mass is 512 g/mol. The summed E-state index contributed by atoms with van der Waals surface area (Å²) in [4.78, 5) is 2.28. The van der Waals surface area contributed by atoms with E-state index in [4.69, 9.17) is 0 Å². The van der Waals surface area contributed by atoms with E-state index in [-0.39, 0.29) is 0 Å². The second-order valence-electron chi connectivity index (χ2n) is 10.7. The van der Waals surface area contributed by atoms with E-state index in [2.05, 4.69) is 156 Å². The molecule has 0 spiro atoms. The summed E-state index contributed by atoms with van der Waals surface area (Å²) in [6.45, 7) is 0. The van der Waals surface area contributed by atoms with Crippen LogP contribution in [0.5, 0.6) is 0 Å². The Morgan fingerprint density at radius 3 is 1.75 bits per heavy atom. The van der Waals surface area contributed by atoms with Crippen molar-refractivity contribution in [3.05, 3.63) is 151 Å². The molecule has 0 unspecified atom stereocenters. The number of nitrogens with zero attached hydrogens (tertiary/aromatic N) is 2. The van der Waals surface area contributed by atoms with Crippen molar-refractivity contribution in [1.82, 2.24) is 4.57 Å². The zero-order valence-corrected chi connectivity index (χ0v) is 22.4. The molecule has 40 heavy (non-hydrogen) atoms. The van der Waals surface area contributed by atoms with Crippen LogP contribution in [0.3, 0.4) is 0 Å². The summed E-state index contributed by atoms with van der Waals surface area (Å²) in [5, 5.41) is 2.60. The van der Waals surface area contributed by atoms with Gasteiger partial charge in [0.05, 0.1) is 11.0 Å². The lowest BCUT2D eigenvalue weighted by Crippen LogP contribution is -2.09. The minimum Gasteiger partial charge on any atom is -0.345 e. The van der Waals surface area contributed by atoms with Gasteiger partial charge in [0.15, 0.2) is 0 Å². The van der Waals surface area contributed by atoms with Crippen molar-refractivity contribution in [2.75, 3.05) is 11.9 Å². The molecule has 0 fully saturated rings. The molecule has 8 rings (SSSR count). The molecule has 0 saturated heterocycles. The number of fused-ring (bicyclic) bond motifs is 6. The Morgan fingerprint density at radius 2 is 1.05 bits per heavy atom. The fourth-order valence-corrected chi connectivity index (χ4v) is 6.39. The molecule has 2 heteroatoms. The first-order chi connectivity index (χ1) is 19.7. The number of rotatable bonds is 4. The van der Waals surface area contributed by atoms with Crippen LogP contribution in [0.1, 0.15) is 11.1 Å². The highest BCUT2D eigenvalue weighted by molar-refractivity contribution is 6.09. The smallest absolute Gasteiger partial charge is 0.0541 e. The summed E-state index contributed by atoms with van der Waals surface area (Å²) in [6.07, 6.45) is 0.949. The molecule has 0 amide bonds. The van der Waals surface area contributed by atoms with Gasteiger partial charge >= 0.3 is 0 Å². The first-order valence-corrected chi connectivity index (χ1v) is 13.9. The van der Waals surface area contributed by atoms with Gasteiger partial charge in [-0.3, -0.25) is 0 Å². The number of hydrogen-bond donors (Lipinski definition) is 0. The molecule has 190 valence electrons. The van der Waals surface area contributed by atoms with E-state index in [0.29, 0.717) is 0 Å². The Kier molecular flexibility index (Phi) is 5.14. The first kappa shape index (κ1) is 22.9. The molecule has 0 bridgehead atoms. The van der Waals surface area contributed by atoms with E-state index in [0.717, 1.165) is 6.42 Å². The summed E-state index contributed by atoms with van der Waals surface area (Å²) >= 11 is 0. The van der Waals surface area contributed by atoms with Crippen molar-refractivity contribution in [3.63, 3.8) is 0 Å². The summed E-state index contributed by atoms with van der Waals surface area (Å²) in [5.74, 6) is 0. The topological polar surface area (TPSA) is 8.17 Å². The highest BCUT2D eigenvalue weighted by Gasteiger charge is 2.21. The van der Waals surface area contributed by atoms with Gasteiger partial charge in [-0.05, 0) is 88.3 Å². The van der Waals surface area contributed by atoms with Crippen LogP contribution in [0.2, 0.25) is 0 Å². The molecule has 1 aliphatic carbocycles. The van der Waals surface area contributed by atoms with Crippen LogP contribution in [0.15, 0.2) is 140 Å². The van der Waals surface area contributed by atoms with E-state index >= 15 is 0 Å². The van der Waals surface area contributed by atoms with Crippen molar-refractivity contribution >= 4 is 33.2 Å². The molecular formula is C38H28N2. The zero-order valence-electron chi connectivity index (χ0n) is 22.4. The average molecular weight is 513 g/mol. The van der Waals surface area contributed by atoms with Crippen molar-refractivity contribution in [2.45, 2.75) is 6.42 Å². The van der Waals surface area contributed by atoms with Crippen LogP contribution in [0.25, 0.3) is 49.7 Å². The molecule has 0 aliphatic heterocycles. The maximum absolute atomic E-state index is 2.41. The molecule has 7 aromatic rings. The summed E-state index contributed by atoms with van der Waals surface area (Å²) in [5.41, 5.74) is 14.1. The number of anilines is 2. The lowest BCUT2D eigenvalue weighted by molar-refractivity contribution is 1.16. The number of para-hydroxylation sites is 2. The highest BCUT2D eigenvalue weighted by Crippen LogP contribution is 2.41. The Morgan fingerprint density at radius 1 is 0.500 bits per heavy atom. The molecule has 1 aromatic heterocycles. The van der Waals surface area contributed by atoms with Gasteiger partial charge in [-0.15, -0.1) is 0 Å². The zero-order chi connectivity index (χ0) is 26.6. The van der Waals surface area contributed by atoms with Crippen molar-refractivity contribution in [3.8, 4) is 27.9 Å². The quantitative estimate of drug-likeness (QED) is 0.228. The van der Waals surface area contributed by atoms with Crippen LogP contribution in [-0.4, -0.2) is 11.6 Å². The van der Waals surface area contributed by atoms with Crippen molar-refractivity contribution < 1.29 is 0 Å². The maximum atomic E-state index is 2.41. The lowest BCUT2D eigenvalue weighted by Gasteiger charge is -2.21. The molecule has 0 atom stereocenters. The van der Waals surface area contributed by atoms with Gasteiger partial charge in [-0.25, -0.2) is 0 Å². The third-order valence-electron chi connectivity index (χ3n) is 8.44. The van der Waals surface area contributed by atoms with E-state index in [1.165, 1.54) is 72.2 Å². The Labute approximate surface area is 234 Å². The minimum atomic E-state index is 0.949. The van der Waals surface area contributed by atoms with Crippen LogP contribution in [0.4, 0.5) is 11.4 Å². The fraction of sp³-hybridized carbons (Fsp3) is 0.0526. The first-order valence-electron chi connectivity index (χ1n) is 13.9. The Balaban J connectivity index is 1.12. The average Bonchev–Trinajstić information content (AvgIpc) is 3.56. The van der Waals surface area contributed by atoms with Gasteiger partial charge in [0.1, 0.15) is 0 Å². The van der Waals surface area contributed by atoms with Crippen molar-refractivity contribution in [2.24, 2.45) is 0 Å². The standard InChI is InChI=1S/C38H28N2/c1-39(30-17-15-27(16-18-30)26-9-3-2-4-10-26)31-19-21-33-28(24-31)23-29-25-32(20-22-34(29)33)40-37-13-7-5-11-35(37)36-12-6-8-14-38(36)40/h2-22,24-25H,23H2,1H3. The summed E-state index contributed by atoms with van der Waals surface area (Å²) in [6, 6.07) is 50.7. The predicted molar refractivity (Wildman–Crippen MR) is 169 cm³/mol. The van der Waals surface area contributed by atoms with E-state index in [9.17, 15) is 0 Å². The van der Waals surface area contributed by atoms with Gasteiger partial charge in [0, 0.05) is 34.9 Å². The third kappa shape index (κ3) is 3.57. The van der Waals surface area contributed by atoms with Crippen LogP contribution >= 0.6 is 0 Å². The lowest BCUT2D eigenvalue weighted by atomic mass is 10.0. The SMILES string of the molecule is CN(c1ccc(-c2ccccc2)cc1)c1ccc2c(c1)Cc1cc(-n3c4ccccc4c4ccccc43)ccc1-2. The maximum Gasteiger partial charge on any atom is 0.0541 e. The van der Waals surface area contributed by atoms with E-state index in [1.54, 1.807) is 0 Å². The van der Waals surface area contributed by atoms with Crippen molar-refractivity contribution in [1.29, 1.82) is 0 Å². The van der Waals surface area contributed by atoms with Crippen LogP contribution in [-0.2, 0) is 6.42 Å². The van der Waals surface area contributed by atoms with Gasteiger partial charge in [0.2, 0.25) is 0 Å². The number of hydrogen-bond acceptors (Lipinski definition) is 1. The second-order valence-corrected chi connectivity index (χ2v) is 10.7. The molecule has 0 saturated carbocycles. The highest BCUT2D eigenvalue weighted by atomic mass is 15.1. The molecular weight excluding hydrogens is 484 g/mol. The van der Waals surface area contributed by atoms with Crippen LogP contribution < -0.4 is 4.90 Å². The summed E-state index contributed by atoms with van der Waals surface area (Å²) < 4.78 is 2.41. The predicted octanol–water partition coefficient (Wildman–Crippen LogP) is 9.79. The molecule has 0 radical (unpaired) electrons. The minimum absolute atomic E-state index is 0.949. The Bertz CT molecular complexity index is 1980.